The highest BCUT2D eigenvalue weighted by atomic mass is 127. The summed E-state index contributed by atoms with van der Waals surface area (Å²) in [5.41, 5.74) is 4.66. The van der Waals surface area contributed by atoms with Crippen LogP contribution in [0.25, 0.3) is 0 Å². The van der Waals surface area contributed by atoms with Gasteiger partial charge in [-0.2, -0.15) is 5.10 Å². The minimum atomic E-state index is -0.877. The van der Waals surface area contributed by atoms with Crippen molar-refractivity contribution in [2.75, 3.05) is 32.2 Å². The third-order valence-corrected chi connectivity index (χ3v) is 5.69. The van der Waals surface area contributed by atoms with Crippen LogP contribution in [0, 0.1) is 3.57 Å². The number of methoxy groups -OCH3 is 1. The van der Waals surface area contributed by atoms with E-state index >= 15 is 0 Å². The number of carbonyl (C=O) groups is 3. The van der Waals surface area contributed by atoms with Crippen molar-refractivity contribution >= 4 is 52.2 Å². The number of hydrogen-bond donors (Lipinski definition) is 3. The monoisotopic (exact) mass is 624 g/mol. The second kappa shape index (κ2) is 15.8. The lowest BCUT2D eigenvalue weighted by molar-refractivity contribution is -0.139. The molecular formula is C26H33IN4O6. The van der Waals surface area contributed by atoms with Crippen LogP contribution < -0.4 is 25.5 Å². The van der Waals surface area contributed by atoms with Crippen LogP contribution in [-0.4, -0.2) is 56.9 Å². The van der Waals surface area contributed by atoms with Crippen molar-refractivity contribution in [2.24, 2.45) is 5.10 Å². The Morgan fingerprint density at radius 1 is 1.11 bits per heavy atom. The molecule has 200 valence electrons. The van der Waals surface area contributed by atoms with Gasteiger partial charge in [-0.3, -0.25) is 14.4 Å². The van der Waals surface area contributed by atoms with Crippen molar-refractivity contribution < 1.29 is 28.6 Å². The molecule has 0 heterocycles. The molecule has 0 fully saturated rings. The van der Waals surface area contributed by atoms with Crippen LogP contribution in [0.1, 0.15) is 38.3 Å². The molecule has 0 aliphatic carbocycles. The van der Waals surface area contributed by atoms with Crippen LogP contribution in [-0.2, 0) is 25.5 Å². The SMILES string of the molecule is CCc1ccc(NC(=O)COc2c(I)cc(/C=N\NC(=O)C(=O)NCCCOC(C)C)cc2OC)cc1. The quantitative estimate of drug-likeness (QED) is 0.103. The van der Waals surface area contributed by atoms with Gasteiger partial charge in [-0.05, 0) is 84.7 Å². The Morgan fingerprint density at radius 2 is 1.84 bits per heavy atom. The van der Waals surface area contributed by atoms with Crippen molar-refractivity contribution in [1.82, 2.24) is 10.7 Å². The Kier molecular flexibility index (Phi) is 12.8. The highest BCUT2D eigenvalue weighted by Gasteiger charge is 2.14. The molecule has 3 N–H and O–H groups in total. The van der Waals surface area contributed by atoms with Gasteiger partial charge < -0.3 is 24.8 Å². The molecule has 0 aromatic heterocycles. The summed E-state index contributed by atoms with van der Waals surface area (Å²) in [5, 5.41) is 9.14. The second-order valence-electron chi connectivity index (χ2n) is 8.15. The van der Waals surface area contributed by atoms with E-state index in [0.717, 1.165) is 6.42 Å². The zero-order valence-electron chi connectivity index (χ0n) is 21.4. The number of carbonyl (C=O) groups excluding carboxylic acids is 3. The van der Waals surface area contributed by atoms with Gasteiger partial charge in [0.05, 0.1) is 23.0 Å². The summed E-state index contributed by atoms with van der Waals surface area (Å²) in [6.07, 6.45) is 3.01. The molecule has 0 saturated carbocycles. The fourth-order valence-corrected chi connectivity index (χ4v) is 3.78. The fourth-order valence-electron chi connectivity index (χ4n) is 3.00. The number of nitrogens with zero attached hydrogens (tertiary/aromatic N) is 1. The average Bonchev–Trinajstić information content (AvgIpc) is 2.87. The number of hydrogen-bond acceptors (Lipinski definition) is 7. The van der Waals surface area contributed by atoms with Crippen molar-refractivity contribution in [3.05, 3.63) is 51.1 Å². The average molecular weight is 624 g/mol. The number of hydrazone groups is 1. The molecule has 0 unspecified atom stereocenters. The standard InChI is InChI=1S/C26H33IN4O6/c1-5-18-7-9-20(10-8-18)30-23(32)16-37-24-21(27)13-19(14-22(24)35-4)15-29-31-26(34)25(33)28-11-6-12-36-17(2)3/h7-10,13-15,17H,5-6,11-12,16H2,1-4H3,(H,28,33)(H,30,32)(H,31,34)/b29-15-. The van der Waals surface area contributed by atoms with E-state index < -0.39 is 11.8 Å². The largest absolute Gasteiger partial charge is 0.493 e. The molecule has 11 heteroatoms. The van der Waals surface area contributed by atoms with Gasteiger partial charge >= 0.3 is 11.8 Å². The van der Waals surface area contributed by atoms with Crippen LogP contribution in [0.2, 0.25) is 0 Å². The summed E-state index contributed by atoms with van der Waals surface area (Å²) in [7, 11) is 1.48. The number of benzene rings is 2. The number of anilines is 1. The van der Waals surface area contributed by atoms with Crippen LogP contribution in [0.4, 0.5) is 5.69 Å². The van der Waals surface area contributed by atoms with Gasteiger partial charge in [0.2, 0.25) is 0 Å². The lowest BCUT2D eigenvalue weighted by atomic mass is 10.1. The van der Waals surface area contributed by atoms with Gasteiger partial charge in [0, 0.05) is 18.8 Å². The lowest BCUT2D eigenvalue weighted by Gasteiger charge is -2.13. The van der Waals surface area contributed by atoms with E-state index in [1.165, 1.54) is 18.9 Å². The highest BCUT2D eigenvalue weighted by Crippen LogP contribution is 2.33. The lowest BCUT2D eigenvalue weighted by Crippen LogP contribution is -2.38. The van der Waals surface area contributed by atoms with Gasteiger partial charge in [-0.15, -0.1) is 0 Å². The predicted octanol–water partition coefficient (Wildman–Crippen LogP) is 3.26. The Bertz CT molecular complexity index is 1090. The van der Waals surface area contributed by atoms with Gasteiger partial charge in [0.1, 0.15) is 0 Å². The molecule has 0 spiro atoms. The number of rotatable bonds is 13. The Morgan fingerprint density at radius 3 is 2.49 bits per heavy atom. The minimum Gasteiger partial charge on any atom is -0.493 e. The Labute approximate surface area is 230 Å². The van der Waals surface area contributed by atoms with Crippen molar-refractivity contribution in [3.8, 4) is 11.5 Å². The van der Waals surface area contributed by atoms with E-state index in [4.69, 9.17) is 14.2 Å². The molecule has 3 amide bonds. The number of amides is 3. The molecule has 0 aliphatic heterocycles. The van der Waals surface area contributed by atoms with Crippen LogP contribution in [0.3, 0.4) is 0 Å². The van der Waals surface area contributed by atoms with Gasteiger partial charge in [-0.1, -0.05) is 19.1 Å². The highest BCUT2D eigenvalue weighted by molar-refractivity contribution is 14.1. The minimum absolute atomic E-state index is 0.115. The summed E-state index contributed by atoms with van der Waals surface area (Å²) in [4.78, 5) is 36.1. The summed E-state index contributed by atoms with van der Waals surface area (Å²) in [5.74, 6) is -1.17. The number of ether oxygens (including phenoxy) is 3. The first-order valence-electron chi connectivity index (χ1n) is 11.8. The molecule has 2 aromatic rings. The maximum absolute atomic E-state index is 12.3. The third kappa shape index (κ3) is 10.8. The molecule has 2 aromatic carbocycles. The Hall–Kier alpha value is -3.19. The number of halogens is 1. The van der Waals surface area contributed by atoms with E-state index in [9.17, 15) is 14.4 Å². The first-order valence-corrected chi connectivity index (χ1v) is 12.9. The topological polar surface area (TPSA) is 127 Å². The first-order chi connectivity index (χ1) is 17.7. The van der Waals surface area contributed by atoms with E-state index in [0.29, 0.717) is 45.9 Å². The van der Waals surface area contributed by atoms with Crippen LogP contribution in [0.15, 0.2) is 41.5 Å². The zero-order valence-corrected chi connectivity index (χ0v) is 23.6. The van der Waals surface area contributed by atoms with Crippen molar-refractivity contribution in [3.63, 3.8) is 0 Å². The molecule has 2 rings (SSSR count). The normalized spacial score (nSPS) is 10.9. The fraction of sp³-hybridized carbons (Fsp3) is 0.385. The Balaban J connectivity index is 1.87. The van der Waals surface area contributed by atoms with Crippen molar-refractivity contribution in [1.29, 1.82) is 0 Å². The van der Waals surface area contributed by atoms with Gasteiger partial charge in [-0.25, -0.2) is 5.43 Å². The summed E-state index contributed by atoms with van der Waals surface area (Å²) < 4.78 is 17.2. The summed E-state index contributed by atoms with van der Waals surface area (Å²) in [6, 6.07) is 11.0. The van der Waals surface area contributed by atoms with E-state index in [2.05, 4.69) is 50.7 Å². The molecule has 37 heavy (non-hydrogen) atoms. The van der Waals surface area contributed by atoms with Crippen molar-refractivity contribution in [2.45, 2.75) is 39.7 Å². The second-order valence-corrected chi connectivity index (χ2v) is 9.31. The summed E-state index contributed by atoms with van der Waals surface area (Å²) >= 11 is 2.05. The molecule has 0 aliphatic rings. The predicted molar refractivity (Wildman–Crippen MR) is 150 cm³/mol. The van der Waals surface area contributed by atoms with Crippen LogP contribution >= 0.6 is 22.6 Å². The van der Waals surface area contributed by atoms with Gasteiger partial charge in [0.15, 0.2) is 18.1 Å². The van der Waals surface area contributed by atoms with E-state index in [-0.39, 0.29) is 18.6 Å². The van der Waals surface area contributed by atoms with Crippen LogP contribution in [0.5, 0.6) is 11.5 Å². The van der Waals surface area contributed by atoms with Gasteiger partial charge in [0.25, 0.3) is 5.91 Å². The van der Waals surface area contributed by atoms with E-state index in [1.54, 1.807) is 12.1 Å². The number of nitrogens with one attached hydrogen (secondary N) is 3. The maximum Gasteiger partial charge on any atom is 0.329 e. The maximum atomic E-state index is 12.3. The molecule has 0 saturated heterocycles. The molecule has 0 bridgehead atoms. The third-order valence-electron chi connectivity index (χ3n) is 4.89. The zero-order chi connectivity index (χ0) is 27.2. The molecular weight excluding hydrogens is 591 g/mol. The first kappa shape index (κ1) is 30.0. The molecule has 0 atom stereocenters. The summed E-state index contributed by atoms with van der Waals surface area (Å²) in [6.45, 7) is 6.53. The smallest absolute Gasteiger partial charge is 0.329 e. The van der Waals surface area contributed by atoms with E-state index in [1.807, 2.05) is 38.1 Å². The number of aryl methyl sites for hydroxylation is 1. The molecule has 0 radical (unpaired) electrons. The molecule has 10 nitrogen and oxygen atoms in total.